The van der Waals surface area contributed by atoms with Crippen LogP contribution in [0.25, 0.3) is 0 Å². The number of hydrogen-bond donors (Lipinski definition) is 2. The van der Waals surface area contributed by atoms with Crippen LogP contribution in [-0.4, -0.2) is 11.0 Å². The van der Waals surface area contributed by atoms with Crippen molar-refractivity contribution >= 4 is 11.6 Å². The molecule has 0 radical (unpaired) electrons. The van der Waals surface area contributed by atoms with Gasteiger partial charge in [0.15, 0.2) is 0 Å². The van der Waals surface area contributed by atoms with E-state index in [0.29, 0.717) is 10.8 Å². The molecule has 0 saturated heterocycles. The molecule has 0 bridgehead atoms. The number of nitrogens with zero attached hydrogens (tertiary/aromatic N) is 2. The Labute approximate surface area is 85.6 Å². The first-order chi connectivity index (χ1) is 7.00. The third-order valence-electron chi connectivity index (χ3n) is 1.60. The van der Waals surface area contributed by atoms with Gasteiger partial charge in [-0.25, -0.2) is 0 Å². The maximum Gasteiger partial charge on any atom is 0.317 e. The van der Waals surface area contributed by atoms with Crippen molar-refractivity contribution in [3.05, 3.63) is 39.9 Å². The lowest BCUT2D eigenvalue weighted by molar-refractivity contribution is -0.758. The molecule has 0 amide bonds. The number of rotatable bonds is 3. The largest absolute Gasteiger partial charge is 0.368 e. The lowest BCUT2D eigenvalue weighted by Crippen LogP contribution is -2.38. The van der Waals surface area contributed by atoms with Gasteiger partial charge in [0.1, 0.15) is 0 Å². The van der Waals surface area contributed by atoms with Gasteiger partial charge >= 0.3 is 5.09 Å². The van der Waals surface area contributed by atoms with E-state index >= 15 is 0 Å². The Morgan fingerprint density at radius 3 is 2.80 bits per heavy atom. The van der Waals surface area contributed by atoms with Gasteiger partial charge in [-0.15, -0.1) is 15.2 Å². The van der Waals surface area contributed by atoms with E-state index < -0.39 is 11.0 Å². The molecule has 1 aromatic rings. The number of benzene rings is 1. The molecular formula is C8H10N4O3. The molecule has 1 aromatic carbocycles. The molecule has 7 nitrogen and oxygen atoms in total. The normalized spacial score (nSPS) is 9.40. The molecular weight excluding hydrogens is 200 g/mol. The summed E-state index contributed by atoms with van der Waals surface area (Å²) < 4.78 is 0. The molecule has 0 aliphatic carbocycles. The molecule has 0 heterocycles. The summed E-state index contributed by atoms with van der Waals surface area (Å²) in [6, 6.07) is 6.67. The molecule has 1 rings (SSSR count). The molecule has 0 aliphatic rings. The number of anilines is 1. The van der Waals surface area contributed by atoms with Crippen LogP contribution in [0, 0.1) is 22.4 Å². The zero-order chi connectivity index (χ0) is 11.4. The molecule has 0 saturated carbocycles. The Balaban J connectivity index is 2.98. The fraction of sp³-hybridized carbons (Fsp3) is 0.125. The number of aryl methyl sites for hydroxylation is 1. The van der Waals surface area contributed by atoms with Gasteiger partial charge in [0.2, 0.25) is 5.96 Å². The summed E-state index contributed by atoms with van der Waals surface area (Å²) in [6.45, 7) is 1.81. The van der Waals surface area contributed by atoms with Gasteiger partial charge in [-0.1, -0.05) is 12.1 Å². The third kappa shape index (κ3) is 2.83. The zero-order valence-corrected chi connectivity index (χ0v) is 8.01. The smallest absolute Gasteiger partial charge is 0.317 e. The molecule has 0 aromatic heterocycles. The van der Waals surface area contributed by atoms with Gasteiger partial charge in [0, 0.05) is 0 Å². The molecule has 0 atom stereocenters. The van der Waals surface area contributed by atoms with Crippen molar-refractivity contribution in [3.8, 4) is 0 Å². The Morgan fingerprint density at radius 2 is 2.33 bits per heavy atom. The minimum Gasteiger partial charge on any atom is -0.368 e. The number of nitrogens with two attached hydrogens (primary N) is 1. The summed E-state index contributed by atoms with van der Waals surface area (Å²) in [6.07, 6.45) is 0. The molecule has 0 spiro atoms. The highest BCUT2D eigenvalue weighted by Gasteiger charge is 2.13. The average molecular weight is 210 g/mol. The van der Waals surface area contributed by atoms with Crippen LogP contribution in [0.1, 0.15) is 5.56 Å². The molecule has 15 heavy (non-hydrogen) atoms. The Bertz CT molecular complexity index is 393. The molecule has 3 N–H and O–H groups in total. The van der Waals surface area contributed by atoms with Crippen molar-refractivity contribution in [2.24, 2.45) is 5.73 Å². The highest BCUT2D eigenvalue weighted by Crippen LogP contribution is 2.15. The molecule has 0 aliphatic heterocycles. The lowest BCUT2D eigenvalue weighted by atomic mass is 10.2. The van der Waals surface area contributed by atoms with Crippen molar-refractivity contribution < 1.29 is 10.0 Å². The quantitative estimate of drug-likeness (QED) is 0.332. The third-order valence-corrected chi connectivity index (χ3v) is 1.60. The summed E-state index contributed by atoms with van der Waals surface area (Å²) in [5.41, 5.74) is 6.36. The summed E-state index contributed by atoms with van der Waals surface area (Å²) in [5, 5.41) is 16.9. The number of hydrogen-bond acceptors (Lipinski definition) is 4. The second-order valence-corrected chi connectivity index (χ2v) is 2.82. The summed E-state index contributed by atoms with van der Waals surface area (Å²) in [7, 11) is 0. The fourth-order valence-electron chi connectivity index (χ4n) is 1.05. The summed E-state index contributed by atoms with van der Waals surface area (Å²) in [5.74, 6) is -0.558. The van der Waals surface area contributed by atoms with E-state index in [0.717, 1.165) is 5.56 Å². The first-order valence-electron chi connectivity index (χ1n) is 4.04. The molecule has 0 fully saturated rings. The lowest BCUT2D eigenvalue weighted by Gasteiger charge is -2.18. The van der Waals surface area contributed by atoms with E-state index in [9.17, 15) is 10.1 Å². The SMILES string of the molecule is Cc1cccc(N(O[N+](=O)[O-])C(=N)N)c1. The minimum absolute atomic E-state index is 0.333. The van der Waals surface area contributed by atoms with E-state index in [2.05, 4.69) is 4.94 Å². The van der Waals surface area contributed by atoms with Crippen LogP contribution in [0.4, 0.5) is 5.69 Å². The van der Waals surface area contributed by atoms with Crippen molar-refractivity contribution in [2.75, 3.05) is 5.06 Å². The minimum atomic E-state index is -1.02. The maximum atomic E-state index is 10.2. The number of nitrogens with one attached hydrogen (secondary N) is 1. The van der Waals surface area contributed by atoms with Crippen LogP contribution in [0.3, 0.4) is 0 Å². The van der Waals surface area contributed by atoms with Gasteiger partial charge in [-0.2, -0.15) is 4.94 Å². The standard InChI is InChI=1S/C8H10N4O3/c1-6-3-2-4-7(5-6)11(8(9)10)15-12(13)14/h2-5H,1H3,(H3,9,10). The van der Waals surface area contributed by atoms with Gasteiger partial charge in [-0.05, 0) is 24.6 Å². The summed E-state index contributed by atoms with van der Waals surface area (Å²) in [4.78, 5) is 14.3. The van der Waals surface area contributed by atoms with Gasteiger partial charge in [0.25, 0.3) is 0 Å². The predicted octanol–water partition coefficient (Wildman–Crippen LogP) is 0.818. The first kappa shape index (κ1) is 10.8. The van der Waals surface area contributed by atoms with E-state index in [1.54, 1.807) is 18.2 Å². The Hall–Kier alpha value is -2.31. The van der Waals surface area contributed by atoms with Crippen molar-refractivity contribution in [3.63, 3.8) is 0 Å². The molecule has 7 heteroatoms. The van der Waals surface area contributed by atoms with Crippen molar-refractivity contribution in [2.45, 2.75) is 6.92 Å². The van der Waals surface area contributed by atoms with E-state index in [1.807, 2.05) is 13.0 Å². The van der Waals surface area contributed by atoms with Crippen LogP contribution in [0.2, 0.25) is 0 Å². The topological polar surface area (TPSA) is 105 Å². The van der Waals surface area contributed by atoms with Gasteiger partial charge in [0.05, 0.1) is 5.69 Å². The van der Waals surface area contributed by atoms with Crippen LogP contribution < -0.4 is 10.8 Å². The highest BCUT2D eigenvalue weighted by molar-refractivity contribution is 5.90. The Morgan fingerprint density at radius 1 is 1.67 bits per heavy atom. The van der Waals surface area contributed by atoms with E-state index in [4.69, 9.17) is 11.1 Å². The Kier molecular flexibility index (Phi) is 3.06. The van der Waals surface area contributed by atoms with E-state index in [1.165, 1.54) is 0 Å². The molecule has 80 valence electrons. The van der Waals surface area contributed by atoms with Crippen molar-refractivity contribution in [1.82, 2.24) is 0 Å². The van der Waals surface area contributed by atoms with Crippen molar-refractivity contribution in [1.29, 1.82) is 5.41 Å². The van der Waals surface area contributed by atoms with Crippen LogP contribution in [0.15, 0.2) is 24.3 Å². The first-order valence-corrected chi connectivity index (χ1v) is 4.04. The summed E-state index contributed by atoms with van der Waals surface area (Å²) >= 11 is 0. The number of guanidine groups is 1. The van der Waals surface area contributed by atoms with Crippen LogP contribution in [-0.2, 0) is 4.94 Å². The monoisotopic (exact) mass is 210 g/mol. The van der Waals surface area contributed by atoms with Crippen LogP contribution in [0.5, 0.6) is 0 Å². The zero-order valence-electron chi connectivity index (χ0n) is 8.01. The number of hydroxylamine groups is 1. The predicted molar refractivity (Wildman–Crippen MR) is 53.7 cm³/mol. The van der Waals surface area contributed by atoms with E-state index in [-0.39, 0.29) is 0 Å². The van der Waals surface area contributed by atoms with Crippen LogP contribution >= 0.6 is 0 Å². The van der Waals surface area contributed by atoms with Gasteiger partial charge < -0.3 is 5.73 Å². The second-order valence-electron chi connectivity index (χ2n) is 2.82. The maximum absolute atomic E-state index is 10.2. The second kappa shape index (κ2) is 4.27. The highest BCUT2D eigenvalue weighted by atomic mass is 17.0. The molecule has 0 unspecified atom stereocenters. The fourth-order valence-corrected chi connectivity index (χ4v) is 1.05. The average Bonchev–Trinajstić information content (AvgIpc) is 2.13. The van der Waals surface area contributed by atoms with Gasteiger partial charge in [-0.3, -0.25) is 5.41 Å².